The fourth-order valence-corrected chi connectivity index (χ4v) is 2.86. The Balaban J connectivity index is 1.81. The van der Waals surface area contributed by atoms with Crippen LogP contribution in [0.3, 0.4) is 0 Å². The van der Waals surface area contributed by atoms with Crippen molar-refractivity contribution in [2.75, 3.05) is 6.61 Å². The first-order valence-corrected chi connectivity index (χ1v) is 7.69. The van der Waals surface area contributed by atoms with Crippen LogP contribution in [-0.2, 0) is 9.53 Å². The smallest absolute Gasteiger partial charge is 0.338 e. The van der Waals surface area contributed by atoms with Crippen LogP contribution in [0.1, 0.15) is 43.5 Å². The molecule has 3 atom stereocenters. The van der Waals surface area contributed by atoms with Crippen molar-refractivity contribution in [2.24, 2.45) is 11.8 Å². The molecule has 1 aromatic carbocycles. The van der Waals surface area contributed by atoms with E-state index in [1.54, 1.807) is 0 Å². The minimum atomic E-state index is -0.695. The molecule has 1 aliphatic carbocycles. The molecule has 0 aromatic heterocycles. The summed E-state index contributed by atoms with van der Waals surface area (Å²) < 4.78 is 18.0. The molecule has 1 fully saturated rings. The summed E-state index contributed by atoms with van der Waals surface area (Å²) in [6.45, 7) is 3.98. The van der Waals surface area contributed by atoms with E-state index in [0.717, 1.165) is 18.9 Å². The van der Waals surface area contributed by atoms with E-state index in [0.29, 0.717) is 11.8 Å². The number of hydrogen-bond donors (Lipinski definition) is 1. The van der Waals surface area contributed by atoms with E-state index in [1.807, 2.05) is 0 Å². The second kappa shape index (κ2) is 7.38. The molecular weight excluding hydrogens is 285 g/mol. The molecule has 0 bridgehead atoms. The molecule has 0 heterocycles. The lowest BCUT2D eigenvalue weighted by molar-refractivity contribution is -0.125. The van der Waals surface area contributed by atoms with Crippen LogP contribution in [0.25, 0.3) is 0 Å². The first kappa shape index (κ1) is 16.5. The van der Waals surface area contributed by atoms with Gasteiger partial charge in [-0.25, -0.2) is 9.18 Å². The van der Waals surface area contributed by atoms with E-state index in [1.165, 1.54) is 24.6 Å². The zero-order chi connectivity index (χ0) is 16.1. The lowest BCUT2D eigenvalue weighted by atomic mass is 9.78. The normalized spacial score (nSPS) is 24.6. The molecule has 1 aliphatic rings. The van der Waals surface area contributed by atoms with Crippen LogP contribution >= 0.6 is 0 Å². The summed E-state index contributed by atoms with van der Waals surface area (Å²) in [4.78, 5) is 23.6. The Hall–Kier alpha value is -1.91. The van der Waals surface area contributed by atoms with Crippen LogP contribution in [0.4, 0.5) is 4.39 Å². The number of hydrogen-bond acceptors (Lipinski definition) is 3. The predicted molar refractivity (Wildman–Crippen MR) is 80.8 cm³/mol. The third kappa shape index (κ3) is 4.29. The minimum absolute atomic E-state index is 0.104. The van der Waals surface area contributed by atoms with Gasteiger partial charge in [0.1, 0.15) is 5.82 Å². The number of rotatable bonds is 4. The number of amides is 1. The lowest BCUT2D eigenvalue weighted by Gasteiger charge is -2.34. The average Bonchev–Trinajstić information content (AvgIpc) is 2.49. The van der Waals surface area contributed by atoms with Crippen LogP contribution in [0.15, 0.2) is 24.3 Å². The maximum Gasteiger partial charge on any atom is 0.338 e. The van der Waals surface area contributed by atoms with Crippen LogP contribution in [0.2, 0.25) is 0 Å². The largest absolute Gasteiger partial charge is 0.452 e. The van der Waals surface area contributed by atoms with Gasteiger partial charge in [0, 0.05) is 6.04 Å². The Labute approximate surface area is 130 Å². The third-order valence-electron chi connectivity index (χ3n) is 4.45. The van der Waals surface area contributed by atoms with Crippen molar-refractivity contribution in [2.45, 2.75) is 39.2 Å². The van der Waals surface area contributed by atoms with Crippen molar-refractivity contribution < 1.29 is 18.7 Å². The highest BCUT2D eigenvalue weighted by atomic mass is 19.1. The maximum absolute atomic E-state index is 13.0. The molecule has 0 unspecified atom stereocenters. The highest BCUT2D eigenvalue weighted by molar-refractivity contribution is 5.91. The Morgan fingerprint density at radius 3 is 2.82 bits per heavy atom. The fraction of sp³-hybridized carbons (Fsp3) is 0.529. The second-order valence-corrected chi connectivity index (χ2v) is 6.03. The van der Waals surface area contributed by atoms with Gasteiger partial charge >= 0.3 is 5.97 Å². The summed E-state index contributed by atoms with van der Waals surface area (Å²) in [5.74, 6) is -0.523. The summed E-state index contributed by atoms with van der Waals surface area (Å²) in [7, 11) is 0. The zero-order valence-corrected chi connectivity index (χ0v) is 13.0. The molecule has 1 amide bonds. The van der Waals surface area contributed by atoms with E-state index >= 15 is 0 Å². The van der Waals surface area contributed by atoms with Gasteiger partial charge in [-0.2, -0.15) is 0 Å². The number of carbonyl (C=O) groups is 2. The van der Waals surface area contributed by atoms with Gasteiger partial charge in [-0.15, -0.1) is 0 Å². The van der Waals surface area contributed by atoms with Crippen LogP contribution in [0.5, 0.6) is 0 Å². The number of nitrogens with one attached hydrogen (secondary N) is 1. The van der Waals surface area contributed by atoms with Crippen molar-refractivity contribution in [1.82, 2.24) is 5.32 Å². The molecule has 1 saturated carbocycles. The summed E-state index contributed by atoms with van der Waals surface area (Å²) in [6.07, 6.45) is 3.23. The molecular formula is C17H22FNO3. The van der Waals surface area contributed by atoms with Crippen LogP contribution < -0.4 is 5.32 Å². The maximum atomic E-state index is 13.0. The van der Waals surface area contributed by atoms with Crippen LogP contribution in [0, 0.1) is 17.7 Å². The van der Waals surface area contributed by atoms with Crippen molar-refractivity contribution in [3.63, 3.8) is 0 Å². The van der Waals surface area contributed by atoms with E-state index in [2.05, 4.69) is 19.2 Å². The number of esters is 1. The number of carbonyl (C=O) groups excluding carboxylic acids is 2. The zero-order valence-electron chi connectivity index (χ0n) is 13.0. The predicted octanol–water partition coefficient (Wildman–Crippen LogP) is 2.92. The average molecular weight is 307 g/mol. The standard InChI is InChI=1S/C17H22FNO3/c1-11-5-3-8-15(12(11)2)19-16(20)10-22-17(21)13-6-4-7-14(18)9-13/h4,6-7,9,11-12,15H,3,5,8,10H2,1-2H3,(H,19,20)/t11-,12-,15+/m0/s1. The summed E-state index contributed by atoms with van der Waals surface area (Å²) in [6, 6.07) is 5.34. The van der Waals surface area contributed by atoms with E-state index in [9.17, 15) is 14.0 Å². The topological polar surface area (TPSA) is 55.4 Å². The van der Waals surface area contributed by atoms with Gasteiger partial charge in [0.2, 0.25) is 0 Å². The molecule has 0 saturated heterocycles. The van der Waals surface area contributed by atoms with Gasteiger partial charge in [0.25, 0.3) is 5.91 Å². The van der Waals surface area contributed by atoms with E-state index < -0.39 is 11.8 Å². The molecule has 1 N–H and O–H groups in total. The molecule has 2 rings (SSSR count). The van der Waals surface area contributed by atoms with Crippen molar-refractivity contribution in [3.05, 3.63) is 35.6 Å². The molecule has 0 radical (unpaired) electrons. The molecule has 22 heavy (non-hydrogen) atoms. The molecule has 1 aromatic rings. The molecule has 0 aliphatic heterocycles. The highest BCUT2D eigenvalue weighted by Gasteiger charge is 2.28. The van der Waals surface area contributed by atoms with Gasteiger partial charge in [-0.05, 0) is 36.5 Å². The van der Waals surface area contributed by atoms with Gasteiger partial charge in [-0.3, -0.25) is 4.79 Å². The Bertz CT molecular complexity index is 546. The monoisotopic (exact) mass is 307 g/mol. The summed E-state index contributed by atoms with van der Waals surface area (Å²) >= 11 is 0. The van der Waals surface area contributed by atoms with Gasteiger partial charge in [-0.1, -0.05) is 32.8 Å². The molecule has 120 valence electrons. The van der Waals surface area contributed by atoms with Crippen molar-refractivity contribution >= 4 is 11.9 Å². The van der Waals surface area contributed by atoms with Crippen molar-refractivity contribution in [1.29, 1.82) is 0 Å². The Kier molecular flexibility index (Phi) is 5.52. The van der Waals surface area contributed by atoms with E-state index in [-0.39, 0.29) is 24.1 Å². The van der Waals surface area contributed by atoms with Crippen molar-refractivity contribution in [3.8, 4) is 0 Å². The number of ether oxygens (including phenoxy) is 1. The fourth-order valence-electron chi connectivity index (χ4n) is 2.86. The van der Waals surface area contributed by atoms with Gasteiger partial charge in [0.05, 0.1) is 5.56 Å². The van der Waals surface area contributed by atoms with Gasteiger partial charge in [0.15, 0.2) is 6.61 Å². The number of benzene rings is 1. The number of halogens is 1. The van der Waals surface area contributed by atoms with Gasteiger partial charge < -0.3 is 10.1 Å². The highest BCUT2D eigenvalue weighted by Crippen LogP contribution is 2.29. The Morgan fingerprint density at radius 2 is 2.09 bits per heavy atom. The lowest BCUT2D eigenvalue weighted by Crippen LogP contribution is -2.45. The SMILES string of the molecule is C[C@H]1[C@@H](C)CCC[C@H]1NC(=O)COC(=O)c1cccc(F)c1. The molecule has 5 heteroatoms. The summed E-state index contributed by atoms with van der Waals surface area (Å²) in [5.41, 5.74) is 0.104. The third-order valence-corrected chi connectivity index (χ3v) is 4.45. The molecule has 4 nitrogen and oxygen atoms in total. The first-order chi connectivity index (χ1) is 10.5. The minimum Gasteiger partial charge on any atom is -0.452 e. The summed E-state index contributed by atoms with van der Waals surface area (Å²) in [5, 5.41) is 2.93. The van der Waals surface area contributed by atoms with E-state index in [4.69, 9.17) is 4.74 Å². The molecule has 0 spiro atoms. The quantitative estimate of drug-likeness (QED) is 0.870. The Morgan fingerprint density at radius 1 is 1.32 bits per heavy atom. The second-order valence-electron chi connectivity index (χ2n) is 6.03. The van der Waals surface area contributed by atoms with Crippen LogP contribution in [-0.4, -0.2) is 24.5 Å². The first-order valence-electron chi connectivity index (χ1n) is 7.69.